The monoisotopic (exact) mass is 342 g/mol. The van der Waals surface area contributed by atoms with Crippen LogP contribution in [0.1, 0.15) is 16.4 Å². The van der Waals surface area contributed by atoms with Crippen molar-refractivity contribution in [2.24, 2.45) is 5.92 Å². The Morgan fingerprint density at radius 1 is 1.38 bits per heavy atom. The maximum absolute atomic E-state index is 5.85. The second kappa shape index (κ2) is 7.01. The molecule has 1 saturated heterocycles. The highest BCUT2D eigenvalue weighted by Gasteiger charge is 2.21. The van der Waals surface area contributed by atoms with Gasteiger partial charge >= 0.3 is 0 Å². The van der Waals surface area contributed by atoms with E-state index in [9.17, 15) is 0 Å². The van der Waals surface area contributed by atoms with Gasteiger partial charge in [-0.05, 0) is 25.5 Å². The van der Waals surface area contributed by atoms with E-state index in [1.165, 1.54) is 11.2 Å². The van der Waals surface area contributed by atoms with Crippen LogP contribution in [0, 0.1) is 12.8 Å². The number of thiazole rings is 1. The number of fused-ring (bicyclic) bond motifs is 1. The summed E-state index contributed by atoms with van der Waals surface area (Å²) < 4.78 is 7.99. The number of nitrogens with zero attached hydrogens (tertiary/aromatic N) is 4. The Kier molecular flexibility index (Phi) is 4.60. The smallest absolute Gasteiger partial charge is 0.0897 e. The minimum atomic E-state index is 0.459. The minimum absolute atomic E-state index is 0.459. The molecule has 6 heteroatoms. The van der Waals surface area contributed by atoms with Crippen molar-refractivity contribution in [2.45, 2.75) is 19.9 Å². The third-order valence-corrected chi connectivity index (χ3v) is 5.31. The highest BCUT2D eigenvalue weighted by Crippen LogP contribution is 2.18. The molecular formula is C18H22N4OS. The Morgan fingerprint density at radius 2 is 2.33 bits per heavy atom. The zero-order valence-corrected chi connectivity index (χ0v) is 14.7. The van der Waals surface area contributed by atoms with Crippen LogP contribution in [0.4, 0.5) is 0 Å². The fourth-order valence-corrected chi connectivity index (χ4v) is 3.99. The standard InChI is InChI=1S/C18H22N4OS/c1-14-20-16(13-24-14)11-21-7-8-23-12-15(10-21)9-17-18-3-2-5-22(18)6-4-19-17/h2-6,13,15H,7-12H2,1H3/t15-/m1/s1. The van der Waals surface area contributed by atoms with Crippen LogP contribution in [-0.4, -0.2) is 45.6 Å². The van der Waals surface area contributed by atoms with Crippen LogP contribution in [-0.2, 0) is 17.7 Å². The van der Waals surface area contributed by atoms with E-state index >= 15 is 0 Å². The average molecular weight is 342 g/mol. The lowest BCUT2D eigenvalue weighted by molar-refractivity contribution is 0.121. The summed E-state index contributed by atoms with van der Waals surface area (Å²) in [6.45, 7) is 6.56. The van der Waals surface area contributed by atoms with Gasteiger partial charge in [0, 0.05) is 49.5 Å². The van der Waals surface area contributed by atoms with E-state index < -0.39 is 0 Å². The molecule has 0 spiro atoms. The van der Waals surface area contributed by atoms with Crippen molar-refractivity contribution in [3.8, 4) is 0 Å². The van der Waals surface area contributed by atoms with Crippen molar-refractivity contribution >= 4 is 16.9 Å². The molecule has 1 atom stereocenters. The van der Waals surface area contributed by atoms with Crippen LogP contribution in [0.15, 0.2) is 36.1 Å². The second-order valence-corrected chi connectivity index (χ2v) is 7.47. The first-order chi connectivity index (χ1) is 11.8. The SMILES string of the molecule is Cc1nc(CN2CCOC[C@H](Cc3nccn4cccc34)C2)cs1. The molecule has 0 unspecified atom stereocenters. The first-order valence-corrected chi connectivity index (χ1v) is 9.27. The highest BCUT2D eigenvalue weighted by molar-refractivity contribution is 7.09. The van der Waals surface area contributed by atoms with Crippen molar-refractivity contribution in [1.82, 2.24) is 19.3 Å². The lowest BCUT2D eigenvalue weighted by Gasteiger charge is -2.22. The molecule has 0 radical (unpaired) electrons. The Hall–Kier alpha value is -1.76. The lowest BCUT2D eigenvalue weighted by atomic mass is 10.0. The molecule has 3 aromatic rings. The highest BCUT2D eigenvalue weighted by atomic mass is 32.1. The molecule has 0 amide bonds. The fraction of sp³-hybridized carbons (Fsp3) is 0.444. The predicted octanol–water partition coefficient (Wildman–Crippen LogP) is 2.79. The largest absolute Gasteiger partial charge is 0.380 e. The van der Waals surface area contributed by atoms with Gasteiger partial charge in [-0.2, -0.15) is 0 Å². The Bertz CT molecular complexity index is 812. The van der Waals surface area contributed by atoms with E-state index in [1.807, 2.05) is 12.4 Å². The van der Waals surface area contributed by atoms with E-state index in [0.29, 0.717) is 5.92 Å². The maximum Gasteiger partial charge on any atom is 0.0897 e. The molecule has 0 saturated carbocycles. The summed E-state index contributed by atoms with van der Waals surface area (Å²) in [7, 11) is 0. The quantitative estimate of drug-likeness (QED) is 0.731. The van der Waals surface area contributed by atoms with Crippen molar-refractivity contribution < 1.29 is 4.74 Å². The molecule has 1 aliphatic rings. The molecule has 3 aromatic heterocycles. The fourth-order valence-electron chi connectivity index (χ4n) is 3.39. The molecule has 0 bridgehead atoms. The summed E-state index contributed by atoms with van der Waals surface area (Å²) in [6, 6.07) is 4.21. The van der Waals surface area contributed by atoms with Crippen molar-refractivity contribution in [3.63, 3.8) is 0 Å². The summed E-state index contributed by atoms with van der Waals surface area (Å²) in [6.07, 6.45) is 6.90. The summed E-state index contributed by atoms with van der Waals surface area (Å²) in [4.78, 5) is 11.7. The van der Waals surface area contributed by atoms with Gasteiger partial charge in [0.05, 0.1) is 35.1 Å². The van der Waals surface area contributed by atoms with Crippen LogP contribution in [0.3, 0.4) is 0 Å². The topological polar surface area (TPSA) is 42.7 Å². The molecule has 1 aliphatic heterocycles. The third kappa shape index (κ3) is 3.50. The van der Waals surface area contributed by atoms with Gasteiger partial charge in [0.15, 0.2) is 0 Å². The zero-order valence-electron chi connectivity index (χ0n) is 13.9. The molecule has 0 aromatic carbocycles. The Balaban J connectivity index is 1.47. The Morgan fingerprint density at radius 3 is 3.21 bits per heavy atom. The van der Waals surface area contributed by atoms with E-state index in [4.69, 9.17) is 4.74 Å². The van der Waals surface area contributed by atoms with Crippen LogP contribution in [0.25, 0.3) is 5.52 Å². The first-order valence-electron chi connectivity index (χ1n) is 8.39. The van der Waals surface area contributed by atoms with E-state index in [2.05, 4.69) is 49.9 Å². The number of hydrogen-bond donors (Lipinski definition) is 0. The van der Waals surface area contributed by atoms with Gasteiger partial charge < -0.3 is 9.14 Å². The molecule has 126 valence electrons. The maximum atomic E-state index is 5.85. The summed E-state index contributed by atoms with van der Waals surface area (Å²) in [5.74, 6) is 0.459. The van der Waals surface area contributed by atoms with Crippen LogP contribution in [0.5, 0.6) is 0 Å². The number of aryl methyl sites for hydroxylation is 1. The molecule has 5 nitrogen and oxygen atoms in total. The number of ether oxygens (including phenoxy) is 1. The van der Waals surface area contributed by atoms with E-state index in [-0.39, 0.29) is 0 Å². The second-order valence-electron chi connectivity index (χ2n) is 6.41. The van der Waals surface area contributed by atoms with Gasteiger partial charge in [0.25, 0.3) is 0 Å². The molecule has 0 N–H and O–H groups in total. The molecule has 0 aliphatic carbocycles. The van der Waals surface area contributed by atoms with Gasteiger partial charge in [-0.3, -0.25) is 9.88 Å². The van der Waals surface area contributed by atoms with Crippen LogP contribution >= 0.6 is 11.3 Å². The predicted molar refractivity (Wildman–Crippen MR) is 95.3 cm³/mol. The zero-order chi connectivity index (χ0) is 16.4. The molecule has 4 rings (SSSR count). The average Bonchev–Trinajstić information content (AvgIpc) is 3.15. The van der Waals surface area contributed by atoms with Gasteiger partial charge in [0.2, 0.25) is 0 Å². The normalized spacial score (nSPS) is 19.6. The molecular weight excluding hydrogens is 320 g/mol. The molecule has 24 heavy (non-hydrogen) atoms. The first kappa shape index (κ1) is 15.7. The number of hydrogen-bond acceptors (Lipinski definition) is 5. The van der Waals surface area contributed by atoms with Crippen molar-refractivity contribution in [1.29, 1.82) is 0 Å². The number of aromatic nitrogens is 3. The van der Waals surface area contributed by atoms with Crippen LogP contribution in [0.2, 0.25) is 0 Å². The summed E-state index contributed by atoms with van der Waals surface area (Å²) >= 11 is 1.72. The van der Waals surface area contributed by atoms with Crippen LogP contribution < -0.4 is 0 Å². The van der Waals surface area contributed by atoms with Crippen molar-refractivity contribution in [3.05, 3.63) is 52.5 Å². The minimum Gasteiger partial charge on any atom is -0.380 e. The van der Waals surface area contributed by atoms with Gasteiger partial charge in [-0.15, -0.1) is 11.3 Å². The summed E-state index contributed by atoms with van der Waals surface area (Å²) in [5.41, 5.74) is 3.52. The molecule has 1 fully saturated rings. The Labute approximate surface area is 145 Å². The number of rotatable bonds is 4. The van der Waals surface area contributed by atoms with E-state index in [0.717, 1.165) is 50.0 Å². The van der Waals surface area contributed by atoms with Gasteiger partial charge in [0.1, 0.15) is 0 Å². The van der Waals surface area contributed by atoms with E-state index in [1.54, 1.807) is 11.3 Å². The summed E-state index contributed by atoms with van der Waals surface area (Å²) in [5, 5.41) is 3.30. The van der Waals surface area contributed by atoms with Crippen molar-refractivity contribution in [2.75, 3.05) is 26.3 Å². The van der Waals surface area contributed by atoms with Gasteiger partial charge in [-0.1, -0.05) is 0 Å². The molecule has 4 heterocycles. The van der Waals surface area contributed by atoms with Gasteiger partial charge in [-0.25, -0.2) is 4.98 Å². The lowest BCUT2D eigenvalue weighted by Crippen LogP contribution is -2.30. The third-order valence-electron chi connectivity index (χ3n) is 4.49.